The number of carbonyl (C=O) groups excluding carboxylic acids is 1. The molecular formula is C19H15F3N6O2. The van der Waals surface area contributed by atoms with Gasteiger partial charge in [-0.25, -0.2) is 4.98 Å². The molecule has 11 heteroatoms. The summed E-state index contributed by atoms with van der Waals surface area (Å²) in [4.78, 5) is 29.6. The Labute approximate surface area is 167 Å². The summed E-state index contributed by atoms with van der Waals surface area (Å²) in [6.07, 6.45) is -3.00. The number of rotatable bonds is 4. The van der Waals surface area contributed by atoms with Crippen molar-refractivity contribution in [2.75, 3.05) is 0 Å². The molecule has 3 heterocycles. The Morgan fingerprint density at radius 1 is 1.10 bits per heavy atom. The summed E-state index contributed by atoms with van der Waals surface area (Å²) in [5.74, 6) is -0.161. The number of benzene rings is 1. The van der Waals surface area contributed by atoms with Crippen molar-refractivity contribution in [3.8, 4) is 0 Å². The van der Waals surface area contributed by atoms with Crippen LogP contribution in [0.3, 0.4) is 0 Å². The highest BCUT2D eigenvalue weighted by Crippen LogP contribution is 2.31. The van der Waals surface area contributed by atoms with Crippen molar-refractivity contribution >= 4 is 22.7 Å². The van der Waals surface area contributed by atoms with Crippen molar-refractivity contribution in [3.05, 3.63) is 69.9 Å². The van der Waals surface area contributed by atoms with Gasteiger partial charge in [0.1, 0.15) is 12.4 Å². The molecular weight excluding hydrogens is 401 g/mol. The highest BCUT2D eigenvalue weighted by atomic mass is 19.4. The molecule has 4 aromatic rings. The van der Waals surface area contributed by atoms with E-state index in [1.54, 1.807) is 19.1 Å². The fraction of sp³-hybridized carbons (Fsp3) is 0.211. The molecule has 0 aliphatic rings. The van der Waals surface area contributed by atoms with Gasteiger partial charge in [-0.1, -0.05) is 18.2 Å². The zero-order chi connectivity index (χ0) is 21.5. The number of pyridine rings is 1. The van der Waals surface area contributed by atoms with E-state index in [-0.39, 0.29) is 17.8 Å². The summed E-state index contributed by atoms with van der Waals surface area (Å²) in [5, 5.41) is 10.2. The topological polar surface area (TPSA) is 94.2 Å². The molecule has 0 bridgehead atoms. The van der Waals surface area contributed by atoms with Gasteiger partial charge in [0.05, 0.1) is 11.1 Å². The molecule has 0 spiro atoms. The van der Waals surface area contributed by atoms with Gasteiger partial charge in [0, 0.05) is 12.7 Å². The van der Waals surface area contributed by atoms with E-state index in [0.717, 1.165) is 6.07 Å². The number of fused-ring (bicyclic) bond motifs is 3. The fourth-order valence-electron chi connectivity index (χ4n) is 3.26. The van der Waals surface area contributed by atoms with Crippen LogP contribution in [0.5, 0.6) is 0 Å². The standard InChI is InChI=1S/C19H15F3N6O2/c1-11-25-26-17-18(30)27(14-7-4-8-23-16(14)28(11)17)10-15(29)24-9-12-5-2-3-6-13(12)19(20,21)22/h2-8H,9-10H2,1H3,(H,24,29). The van der Waals surface area contributed by atoms with Gasteiger partial charge >= 0.3 is 6.18 Å². The third-order valence-electron chi connectivity index (χ3n) is 4.63. The molecule has 1 aromatic carbocycles. The minimum absolute atomic E-state index is 0.00826. The number of hydrogen-bond donors (Lipinski definition) is 1. The van der Waals surface area contributed by atoms with Crippen molar-refractivity contribution in [2.24, 2.45) is 0 Å². The van der Waals surface area contributed by atoms with Crippen molar-refractivity contribution in [3.63, 3.8) is 0 Å². The van der Waals surface area contributed by atoms with Gasteiger partial charge in [-0.15, -0.1) is 10.2 Å². The second-order valence-electron chi connectivity index (χ2n) is 6.58. The zero-order valence-electron chi connectivity index (χ0n) is 15.6. The SMILES string of the molecule is Cc1nnc2c(=O)n(CC(=O)NCc3ccccc3C(F)(F)F)c3cccnc3n12. The smallest absolute Gasteiger partial charge is 0.350 e. The Balaban J connectivity index is 1.65. The van der Waals surface area contributed by atoms with Gasteiger partial charge in [-0.05, 0) is 30.7 Å². The first-order chi connectivity index (χ1) is 14.3. The van der Waals surface area contributed by atoms with Gasteiger partial charge in [-0.3, -0.25) is 18.6 Å². The Bertz CT molecular complexity index is 1330. The molecule has 0 saturated heterocycles. The van der Waals surface area contributed by atoms with Crippen LogP contribution in [0.1, 0.15) is 17.0 Å². The third-order valence-corrected chi connectivity index (χ3v) is 4.63. The maximum atomic E-state index is 13.1. The first-order valence-corrected chi connectivity index (χ1v) is 8.88. The number of amides is 1. The van der Waals surface area contributed by atoms with E-state index in [4.69, 9.17) is 0 Å². The van der Waals surface area contributed by atoms with Crippen LogP contribution in [0.25, 0.3) is 16.8 Å². The van der Waals surface area contributed by atoms with Crippen LogP contribution >= 0.6 is 0 Å². The van der Waals surface area contributed by atoms with E-state index in [1.165, 1.54) is 33.4 Å². The molecule has 1 amide bonds. The number of halogens is 3. The molecule has 0 radical (unpaired) electrons. The number of aromatic nitrogens is 5. The van der Waals surface area contributed by atoms with Crippen LogP contribution in [0.15, 0.2) is 47.4 Å². The Hall–Kier alpha value is -3.76. The van der Waals surface area contributed by atoms with E-state index in [2.05, 4.69) is 20.5 Å². The van der Waals surface area contributed by atoms with Gasteiger partial charge in [0.25, 0.3) is 5.56 Å². The average molecular weight is 416 g/mol. The first-order valence-electron chi connectivity index (χ1n) is 8.88. The van der Waals surface area contributed by atoms with Gasteiger partial charge < -0.3 is 5.32 Å². The summed E-state index contributed by atoms with van der Waals surface area (Å²) < 4.78 is 42.0. The lowest BCUT2D eigenvalue weighted by Crippen LogP contribution is -2.33. The Morgan fingerprint density at radius 3 is 2.63 bits per heavy atom. The summed E-state index contributed by atoms with van der Waals surface area (Å²) in [6, 6.07) is 8.22. The molecule has 3 aromatic heterocycles. The number of aryl methyl sites for hydroxylation is 1. The molecule has 0 atom stereocenters. The highest BCUT2D eigenvalue weighted by molar-refractivity contribution is 5.80. The highest BCUT2D eigenvalue weighted by Gasteiger charge is 2.32. The quantitative estimate of drug-likeness (QED) is 0.550. The number of nitrogens with one attached hydrogen (secondary N) is 1. The molecule has 0 saturated carbocycles. The van der Waals surface area contributed by atoms with E-state index < -0.39 is 29.8 Å². The molecule has 0 aliphatic heterocycles. The first kappa shape index (κ1) is 19.6. The molecule has 4 rings (SSSR count). The number of alkyl halides is 3. The number of nitrogens with zero attached hydrogens (tertiary/aromatic N) is 5. The second-order valence-corrected chi connectivity index (χ2v) is 6.58. The fourth-order valence-corrected chi connectivity index (χ4v) is 3.26. The third kappa shape index (κ3) is 3.38. The molecule has 0 unspecified atom stereocenters. The monoisotopic (exact) mass is 416 g/mol. The van der Waals surface area contributed by atoms with Crippen LogP contribution in [0.4, 0.5) is 13.2 Å². The van der Waals surface area contributed by atoms with Gasteiger partial charge in [0.2, 0.25) is 11.6 Å². The summed E-state index contributed by atoms with van der Waals surface area (Å²) in [6.45, 7) is 0.937. The lowest BCUT2D eigenvalue weighted by Gasteiger charge is -2.14. The largest absolute Gasteiger partial charge is 0.416 e. The van der Waals surface area contributed by atoms with Gasteiger partial charge in [-0.2, -0.15) is 13.2 Å². The minimum Gasteiger partial charge on any atom is -0.350 e. The minimum atomic E-state index is -4.53. The lowest BCUT2D eigenvalue weighted by molar-refractivity contribution is -0.138. The number of hydrogen-bond acceptors (Lipinski definition) is 5. The van der Waals surface area contributed by atoms with E-state index in [9.17, 15) is 22.8 Å². The van der Waals surface area contributed by atoms with Crippen LogP contribution in [0.2, 0.25) is 0 Å². The molecule has 154 valence electrons. The van der Waals surface area contributed by atoms with Crippen molar-refractivity contribution in [1.82, 2.24) is 29.5 Å². The van der Waals surface area contributed by atoms with Gasteiger partial charge in [0.15, 0.2) is 5.65 Å². The molecule has 30 heavy (non-hydrogen) atoms. The Kier molecular flexibility index (Phi) is 4.72. The maximum absolute atomic E-state index is 13.1. The van der Waals surface area contributed by atoms with Crippen molar-refractivity contribution in [2.45, 2.75) is 26.2 Å². The summed E-state index contributed by atoms with van der Waals surface area (Å²) in [5.41, 5.74) is -0.664. The predicted molar refractivity (Wildman–Crippen MR) is 101 cm³/mol. The summed E-state index contributed by atoms with van der Waals surface area (Å²) >= 11 is 0. The van der Waals surface area contributed by atoms with Crippen LogP contribution in [-0.2, 0) is 24.1 Å². The van der Waals surface area contributed by atoms with Crippen LogP contribution in [-0.4, -0.2) is 30.1 Å². The van der Waals surface area contributed by atoms with E-state index in [1.807, 2.05) is 0 Å². The van der Waals surface area contributed by atoms with Crippen LogP contribution < -0.4 is 10.9 Å². The molecule has 1 N–H and O–H groups in total. The van der Waals surface area contributed by atoms with Crippen molar-refractivity contribution < 1.29 is 18.0 Å². The van der Waals surface area contributed by atoms with E-state index in [0.29, 0.717) is 17.0 Å². The number of carbonyl (C=O) groups is 1. The molecule has 0 fully saturated rings. The Morgan fingerprint density at radius 2 is 1.87 bits per heavy atom. The average Bonchev–Trinajstić information content (AvgIpc) is 3.11. The maximum Gasteiger partial charge on any atom is 0.416 e. The summed E-state index contributed by atoms with van der Waals surface area (Å²) in [7, 11) is 0. The predicted octanol–water partition coefficient (Wildman–Crippen LogP) is 2.08. The zero-order valence-corrected chi connectivity index (χ0v) is 15.6. The molecule has 0 aliphatic carbocycles. The second kappa shape index (κ2) is 7.25. The van der Waals surface area contributed by atoms with E-state index >= 15 is 0 Å². The van der Waals surface area contributed by atoms with Crippen molar-refractivity contribution in [1.29, 1.82) is 0 Å². The van der Waals surface area contributed by atoms with Crippen LogP contribution in [0, 0.1) is 6.92 Å². The lowest BCUT2D eigenvalue weighted by atomic mass is 10.1. The molecule has 8 nitrogen and oxygen atoms in total. The normalized spacial score (nSPS) is 11.9.